The maximum absolute atomic E-state index is 12.6. The third-order valence-electron chi connectivity index (χ3n) is 4.85. The van der Waals surface area contributed by atoms with Crippen molar-refractivity contribution in [2.75, 3.05) is 17.7 Å². The van der Waals surface area contributed by atoms with E-state index in [-0.39, 0.29) is 17.8 Å². The molecule has 1 atom stereocenters. The van der Waals surface area contributed by atoms with Gasteiger partial charge in [-0.3, -0.25) is 4.79 Å². The summed E-state index contributed by atoms with van der Waals surface area (Å²) in [6.45, 7) is 9.54. The zero-order valence-electron chi connectivity index (χ0n) is 16.1. The lowest BCUT2D eigenvalue weighted by Crippen LogP contribution is -2.22. The molecule has 1 fully saturated rings. The Kier molecular flexibility index (Phi) is 6.54. The number of rotatable bonds is 8. The van der Waals surface area contributed by atoms with Crippen LogP contribution < -0.4 is 5.32 Å². The van der Waals surface area contributed by atoms with E-state index in [4.69, 9.17) is 4.74 Å². The van der Waals surface area contributed by atoms with Crippen molar-refractivity contribution in [2.45, 2.75) is 51.0 Å². The molecule has 1 amide bonds. The summed E-state index contributed by atoms with van der Waals surface area (Å²) in [4.78, 5) is 12.6. The van der Waals surface area contributed by atoms with Crippen molar-refractivity contribution in [3.8, 4) is 6.07 Å². The topological polar surface area (TPSA) is 97.8 Å². The molecule has 9 heteroatoms. The van der Waals surface area contributed by atoms with Crippen molar-refractivity contribution in [1.82, 2.24) is 19.3 Å². The molecule has 3 rings (SSSR count). The molecule has 0 aromatic carbocycles. The molecule has 2 aromatic heterocycles. The first-order valence-electron chi connectivity index (χ1n) is 9.17. The Labute approximate surface area is 168 Å². The largest absolute Gasteiger partial charge is 0.376 e. The predicted molar refractivity (Wildman–Crippen MR) is 107 cm³/mol. The van der Waals surface area contributed by atoms with E-state index in [0.717, 1.165) is 30.7 Å². The summed E-state index contributed by atoms with van der Waals surface area (Å²) in [5.41, 5.74) is 2.36. The van der Waals surface area contributed by atoms with E-state index in [0.29, 0.717) is 29.6 Å². The first-order valence-corrected chi connectivity index (χ1v) is 10.2. The van der Waals surface area contributed by atoms with Crippen LogP contribution in [0.4, 0.5) is 5.82 Å². The summed E-state index contributed by atoms with van der Waals surface area (Å²) in [6, 6.07) is 2.23. The molecule has 1 N–H and O–H groups in total. The van der Waals surface area contributed by atoms with E-state index < -0.39 is 0 Å². The molecule has 2 aromatic rings. The minimum atomic E-state index is -0.194. The summed E-state index contributed by atoms with van der Waals surface area (Å²) >= 11 is 1.30. The summed E-state index contributed by atoms with van der Waals surface area (Å²) < 4.78 is 9.55. The Bertz CT molecular complexity index is 904. The van der Waals surface area contributed by atoms with Crippen molar-refractivity contribution in [2.24, 2.45) is 0 Å². The molecule has 3 heterocycles. The number of nitrogens with zero attached hydrogens (tertiary/aromatic N) is 5. The number of carbonyl (C=O) groups excluding carboxylic acids is 1. The molecular weight excluding hydrogens is 376 g/mol. The van der Waals surface area contributed by atoms with Crippen LogP contribution in [0.3, 0.4) is 0 Å². The van der Waals surface area contributed by atoms with Crippen LogP contribution in [0.2, 0.25) is 0 Å². The van der Waals surface area contributed by atoms with Crippen molar-refractivity contribution in [3.63, 3.8) is 0 Å². The van der Waals surface area contributed by atoms with Gasteiger partial charge in [0.05, 0.1) is 24.0 Å². The van der Waals surface area contributed by atoms with E-state index in [1.807, 2.05) is 23.0 Å². The maximum atomic E-state index is 12.6. The van der Waals surface area contributed by atoms with Crippen molar-refractivity contribution >= 4 is 23.5 Å². The van der Waals surface area contributed by atoms with E-state index in [9.17, 15) is 10.1 Å². The molecule has 1 aliphatic rings. The first-order chi connectivity index (χ1) is 13.5. The highest BCUT2D eigenvalue weighted by Crippen LogP contribution is 2.28. The Hall–Kier alpha value is -2.57. The Morgan fingerprint density at radius 2 is 2.39 bits per heavy atom. The fraction of sp³-hybridized carbons (Fsp3) is 0.474. The second-order valence-electron chi connectivity index (χ2n) is 6.68. The number of thioether (sulfide) groups is 1. The van der Waals surface area contributed by atoms with Crippen LogP contribution in [0.1, 0.15) is 29.7 Å². The smallest absolute Gasteiger partial charge is 0.235 e. The minimum Gasteiger partial charge on any atom is -0.376 e. The number of carbonyl (C=O) groups is 1. The molecule has 0 bridgehead atoms. The van der Waals surface area contributed by atoms with E-state index >= 15 is 0 Å². The van der Waals surface area contributed by atoms with Gasteiger partial charge in [-0.2, -0.15) is 5.26 Å². The number of hydrogen-bond acceptors (Lipinski definition) is 6. The van der Waals surface area contributed by atoms with Gasteiger partial charge in [-0.1, -0.05) is 17.8 Å². The Balaban J connectivity index is 1.73. The third kappa shape index (κ3) is 4.29. The second kappa shape index (κ2) is 9.08. The van der Waals surface area contributed by atoms with Crippen LogP contribution in [-0.4, -0.2) is 43.7 Å². The quantitative estimate of drug-likeness (QED) is 0.540. The van der Waals surface area contributed by atoms with Gasteiger partial charge >= 0.3 is 0 Å². The van der Waals surface area contributed by atoms with Crippen LogP contribution in [0.5, 0.6) is 0 Å². The van der Waals surface area contributed by atoms with E-state index in [2.05, 4.69) is 28.2 Å². The van der Waals surface area contributed by atoms with Crippen LogP contribution in [0.15, 0.2) is 24.1 Å². The van der Waals surface area contributed by atoms with Crippen molar-refractivity contribution < 1.29 is 9.53 Å². The number of ether oxygens (including phenoxy) is 1. The van der Waals surface area contributed by atoms with Crippen LogP contribution in [-0.2, 0) is 22.6 Å². The molecule has 1 unspecified atom stereocenters. The molecule has 0 saturated carbocycles. The predicted octanol–water partition coefficient (Wildman–Crippen LogP) is 2.66. The molecule has 28 heavy (non-hydrogen) atoms. The number of aromatic nitrogens is 4. The summed E-state index contributed by atoms with van der Waals surface area (Å²) in [6.07, 6.45) is 5.49. The highest BCUT2D eigenvalue weighted by Gasteiger charge is 2.24. The molecule has 0 aliphatic carbocycles. The highest BCUT2D eigenvalue weighted by atomic mass is 32.2. The monoisotopic (exact) mass is 400 g/mol. The fourth-order valence-corrected chi connectivity index (χ4v) is 3.99. The average Bonchev–Trinajstić information content (AvgIpc) is 3.39. The van der Waals surface area contributed by atoms with Gasteiger partial charge in [-0.15, -0.1) is 16.8 Å². The lowest BCUT2D eigenvalue weighted by atomic mass is 10.2. The van der Waals surface area contributed by atoms with Gasteiger partial charge in [0.1, 0.15) is 18.2 Å². The number of allylic oxidation sites excluding steroid dienone is 1. The molecule has 1 aliphatic heterocycles. The zero-order valence-corrected chi connectivity index (χ0v) is 17.0. The average molecular weight is 401 g/mol. The van der Waals surface area contributed by atoms with Crippen molar-refractivity contribution in [1.29, 1.82) is 5.26 Å². The normalized spacial score (nSPS) is 16.1. The van der Waals surface area contributed by atoms with Gasteiger partial charge in [0, 0.05) is 18.8 Å². The van der Waals surface area contributed by atoms with Gasteiger partial charge in [-0.25, -0.2) is 0 Å². The third-order valence-corrected chi connectivity index (χ3v) is 5.83. The summed E-state index contributed by atoms with van der Waals surface area (Å²) in [7, 11) is 0. The van der Waals surface area contributed by atoms with E-state index in [1.54, 1.807) is 12.4 Å². The molecular formula is C19H24N6O2S. The summed E-state index contributed by atoms with van der Waals surface area (Å²) in [5.74, 6) is 0.524. The maximum Gasteiger partial charge on any atom is 0.235 e. The second-order valence-corrected chi connectivity index (χ2v) is 7.63. The Morgan fingerprint density at radius 1 is 1.57 bits per heavy atom. The molecule has 1 saturated heterocycles. The number of anilines is 1. The molecule has 0 radical (unpaired) electrons. The van der Waals surface area contributed by atoms with Gasteiger partial charge in [0.25, 0.3) is 0 Å². The van der Waals surface area contributed by atoms with Crippen LogP contribution in [0.25, 0.3) is 0 Å². The van der Waals surface area contributed by atoms with Gasteiger partial charge in [0.15, 0.2) is 5.16 Å². The lowest BCUT2D eigenvalue weighted by molar-refractivity contribution is -0.113. The molecule has 148 valence electrons. The number of nitriles is 1. The molecule has 8 nitrogen and oxygen atoms in total. The van der Waals surface area contributed by atoms with Gasteiger partial charge < -0.3 is 19.2 Å². The van der Waals surface area contributed by atoms with Gasteiger partial charge in [-0.05, 0) is 32.3 Å². The number of amides is 1. The summed E-state index contributed by atoms with van der Waals surface area (Å²) in [5, 5.41) is 21.1. The number of hydrogen-bond donors (Lipinski definition) is 1. The van der Waals surface area contributed by atoms with Gasteiger partial charge in [0.2, 0.25) is 5.91 Å². The highest BCUT2D eigenvalue weighted by molar-refractivity contribution is 7.99. The van der Waals surface area contributed by atoms with Crippen LogP contribution >= 0.6 is 11.8 Å². The lowest BCUT2D eigenvalue weighted by Gasteiger charge is -2.16. The standard InChI is InChI=1S/C19H24N6O2S/c1-4-7-24-12-21-23-19(24)28-11-17(26)22-18-16(9-20)13(2)14(3)25(18)10-15-6-5-8-27-15/h4,12,15H,1,5-8,10-11H2,2-3H3,(H,22,26). The van der Waals surface area contributed by atoms with E-state index in [1.165, 1.54) is 11.8 Å². The first kappa shape index (κ1) is 20.2. The minimum absolute atomic E-state index is 0.111. The zero-order chi connectivity index (χ0) is 20.1. The Morgan fingerprint density at radius 3 is 3.07 bits per heavy atom. The van der Waals surface area contributed by atoms with Crippen molar-refractivity contribution in [3.05, 3.63) is 35.8 Å². The SMILES string of the molecule is C=CCn1cnnc1SCC(=O)Nc1c(C#N)c(C)c(C)n1CC1CCCO1. The van der Waals surface area contributed by atoms with Crippen LogP contribution in [0, 0.1) is 25.2 Å². The fourth-order valence-electron chi connectivity index (χ4n) is 3.27. The molecule has 0 spiro atoms. The number of nitrogens with one attached hydrogen (secondary N) is 1.